The van der Waals surface area contributed by atoms with Crippen LogP contribution in [0, 0.1) is 10.1 Å². The van der Waals surface area contributed by atoms with Crippen LogP contribution in [0.15, 0.2) is 77.7 Å². The molecule has 1 saturated heterocycles. The number of ether oxygens (including phenoxy) is 1. The van der Waals surface area contributed by atoms with E-state index in [0.717, 1.165) is 24.6 Å². The van der Waals surface area contributed by atoms with Gasteiger partial charge in [-0.25, -0.2) is 0 Å². The van der Waals surface area contributed by atoms with Gasteiger partial charge in [-0.2, -0.15) is 0 Å². The number of rotatable bonds is 9. The number of likely N-dealkylation sites (tertiary alicyclic amines) is 1. The van der Waals surface area contributed by atoms with Crippen molar-refractivity contribution >= 4 is 35.0 Å². The Kier molecular flexibility index (Phi) is 8.79. The second kappa shape index (κ2) is 12.4. The largest absolute Gasteiger partial charge is 0.494 e. The Morgan fingerprint density at radius 2 is 1.78 bits per heavy atom. The third kappa shape index (κ3) is 6.89. The number of nitro benzene ring substituents is 1. The molecule has 0 aromatic heterocycles. The van der Waals surface area contributed by atoms with Gasteiger partial charge in [0.05, 0.1) is 22.2 Å². The lowest BCUT2D eigenvalue weighted by Gasteiger charge is -2.32. The zero-order chi connectivity index (χ0) is 26.2. The monoisotopic (exact) mass is 519 g/mol. The molecule has 0 saturated carbocycles. The highest BCUT2D eigenvalue weighted by atomic mass is 32.2. The van der Waals surface area contributed by atoms with Gasteiger partial charge in [0, 0.05) is 30.4 Å². The summed E-state index contributed by atoms with van der Waals surface area (Å²) in [5.41, 5.74) is 2.50. The molecular formula is C28H29N3O5S. The minimum absolute atomic E-state index is 0.00331. The number of para-hydroxylation sites is 1. The molecule has 37 heavy (non-hydrogen) atoms. The molecule has 1 N–H and O–H groups in total. The first-order valence-electron chi connectivity index (χ1n) is 12.2. The highest BCUT2D eigenvalue weighted by molar-refractivity contribution is 8.00. The quantitative estimate of drug-likeness (QED) is 0.220. The maximum atomic E-state index is 12.9. The minimum atomic E-state index is -0.445. The average molecular weight is 520 g/mol. The molecule has 3 aromatic carbocycles. The lowest BCUT2D eigenvalue weighted by Crippen LogP contribution is -2.37. The molecule has 0 bridgehead atoms. The Balaban J connectivity index is 1.27. The zero-order valence-corrected chi connectivity index (χ0v) is 21.4. The van der Waals surface area contributed by atoms with Gasteiger partial charge in [0.2, 0.25) is 5.91 Å². The van der Waals surface area contributed by atoms with Crippen LogP contribution in [0.5, 0.6) is 5.75 Å². The van der Waals surface area contributed by atoms with Crippen molar-refractivity contribution < 1.29 is 19.2 Å². The highest BCUT2D eigenvalue weighted by Crippen LogP contribution is 2.31. The van der Waals surface area contributed by atoms with Gasteiger partial charge in [0.1, 0.15) is 5.75 Å². The maximum Gasteiger partial charge on any atom is 0.282 e. The number of thioether (sulfide) groups is 1. The number of anilines is 1. The predicted molar refractivity (Wildman–Crippen MR) is 144 cm³/mol. The van der Waals surface area contributed by atoms with Gasteiger partial charge in [-0.3, -0.25) is 19.7 Å². The molecule has 4 rings (SSSR count). The molecule has 1 fully saturated rings. The Morgan fingerprint density at radius 3 is 2.49 bits per heavy atom. The molecule has 1 heterocycles. The first-order chi connectivity index (χ1) is 17.9. The summed E-state index contributed by atoms with van der Waals surface area (Å²) in [6, 6.07) is 21.5. The zero-order valence-electron chi connectivity index (χ0n) is 20.6. The number of carbonyl (C=O) groups is 2. The lowest BCUT2D eigenvalue weighted by atomic mass is 9.89. The van der Waals surface area contributed by atoms with Crippen molar-refractivity contribution in [3.63, 3.8) is 0 Å². The van der Waals surface area contributed by atoms with E-state index >= 15 is 0 Å². The van der Waals surface area contributed by atoms with Gasteiger partial charge in [0.15, 0.2) is 0 Å². The molecule has 1 aliphatic heterocycles. The normalized spacial score (nSPS) is 13.7. The van der Waals surface area contributed by atoms with Crippen LogP contribution in [0.2, 0.25) is 0 Å². The molecule has 0 unspecified atom stereocenters. The highest BCUT2D eigenvalue weighted by Gasteiger charge is 2.25. The Hall–Kier alpha value is -3.85. The van der Waals surface area contributed by atoms with Gasteiger partial charge in [-0.1, -0.05) is 30.3 Å². The van der Waals surface area contributed by atoms with Crippen LogP contribution in [0.1, 0.15) is 41.6 Å². The number of nitrogens with one attached hydrogen (secondary N) is 1. The lowest BCUT2D eigenvalue weighted by molar-refractivity contribution is -0.387. The number of hydrogen-bond acceptors (Lipinski definition) is 6. The third-order valence-electron chi connectivity index (χ3n) is 6.26. The van der Waals surface area contributed by atoms with Crippen LogP contribution in [0.3, 0.4) is 0 Å². The van der Waals surface area contributed by atoms with Crippen molar-refractivity contribution in [3.8, 4) is 5.75 Å². The van der Waals surface area contributed by atoms with E-state index in [9.17, 15) is 19.7 Å². The number of amides is 2. The molecule has 1 aliphatic rings. The summed E-state index contributed by atoms with van der Waals surface area (Å²) in [5, 5.41) is 14.0. The van der Waals surface area contributed by atoms with Gasteiger partial charge in [-0.15, -0.1) is 11.8 Å². The van der Waals surface area contributed by atoms with Gasteiger partial charge in [0.25, 0.3) is 11.6 Å². The Morgan fingerprint density at radius 1 is 1.05 bits per heavy atom. The molecular weight excluding hydrogens is 490 g/mol. The molecule has 0 aliphatic carbocycles. The van der Waals surface area contributed by atoms with Gasteiger partial charge < -0.3 is 15.0 Å². The van der Waals surface area contributed by atoms with Crippen LogP contribution in [0.4, 0.5) is 11.4 Å². The van der Waals surface area contributed by atoms with E-state index in [1.54, 1.807) is 24.3 Å². The topological polar surface area (TPSA) is 102 Å². The molecule has 192 valence electrons. The van der Waals surface area contributed by atoms with E-state index < -0.39 is 4.92 Å². The Bertz CT molecular complexity index is 1260. The van der Waals surface area contributed by atoms with E-state index in [0.29, 0.717) is 47.5 Å². The van der Waals surface area contributed by atoms with E-state index in [2.05, 4.69) is 5.32 Å². The average Bonchev–Trinajstić information content (AvgIpc) is 2.92. The standard InChI is InChI=1S/C28H29N3O5S/c1-2-36-24-7-5-6-22(18-24)28(33)30-16-14-21(15-17-30)20-10-12-23(13-11-20)29-27(32)19-37-26-9-4-3-8-25(26)31(34)35/h3-13,18,21H,2,14-17,19H2,1H3,(H,29,32). The summed E-state index contributed by atoms with van der Waals surface area (Å²) in [4.78, 5) is 38.4. The van der Waals surface area contributed by atoms with E-state index in [-0.39, 0.29) is 23.3 Å². The number of carbonyl (C=O) groups excluding carboxylic acids is 2. The van der Waals surface area contributed by atoms with Crippen LogP contribution in [-0.4, -0.2) is 47.1 Å². The molecule has 2 amide bonds. The number of benzene rings is 3. The summed E-state index contributed by atoms with van der Waals surface area (Å²) < 4.78 is 5.52. The summed E-state index contributed by atoms with van der Waals surface area (Å²) in [7, 11) is 0. The predicted octanol–water partition coefficient (Wildman–Crippen LogP) is 5.74. The first-order valence-corrected chi connectivity index (χ1v) is 13.2. The second-order valence-corrected chi connectivity index (χ2v) is 9.73. The van der Waals surface area contributed by atoms with Crippen LogP contribution in [-0.2, 0) is 4.79 Å². The molecule has 3 aromatic rings. The van der Waals surface area contributed by atoms with E-state index in [1.807, 2.05) is 54.3 Å². The SMILES string of the molecule is CCOc1cccc(C(=O)N2CCC(c3ccc(NC(=O)CSc4ccccc4[N+](=O)[O-])cc3)CC2)c1. The fraction of sp³-hybridized carbons (Fsp3) is 0.286. The van der Waals surface area contributed by atoms with Gasteiger partial charge >= 0.3 is 0 Å². The van der Waals surface area contributed by atoms with Crippen molar-refractivity contribution in [2.75, 3.05) is 30.8 Å². The number of piperidine rings is 1. The Labute approximate surface area is 220 Å². The van der Waals surface area contributed by atoms with Crippen molar-refractivity contribution in [2.24, 2.45) is 0 Å². The van der Waals surface area contributed by atoms with E-state index in [4.69, 9.17) is 4.74 Å². The fourth-order valence-corrected chi connectivity index (χ4v) is 5.22. The smallest absolute Gasteiger partial charge is 0.282 e. The summed E-state index contributed by atoms with van der Waals surface area (Å²) >= 11 is 1.14. The van der Waals surface area contributed by atoms with Crippen molar-refractivity contribution in [2.45, 2.75) is 30.6 Å². The molecule has 8 nitrogen and oxygen atoms in total. The molecule has 0 atom stereocenters. The van der Waals surface area contributed by atoms with Crippen LogP contribution >= 0.6 is 11.8 Å². The maximum absolute atomic E-state index is 12.9. The van der Waals surface area contributed by atoms with Gasteiger partial charge in [-0.05, 0) is 67.6 Å². The molecule has 0 spiro atoms. The van der Waals surface area contributed by atoms with Crippen LogP contribution < -0.4 is 10.1 Å². The van der Waals surface area contributed by atoms with Crippen LogP contribution in [0.25, 0.3) is 0 Å². The minimum Gasteiger partial charge on any atom is -0.494 e. The second-order valence-electron chi connectivity index (χ2n) is 8.71. The number of nitrogens with zero attached hydrogens (tertiary/aromatic N) is 2. The first kappa shape index (κ1) is 26.2. The summed E-state index contributed by atoms with van der Waals surface area (Å²) in [5.74, 6) is 0.924. The number of hydrogen-bond donors (Lipinski definition) is 1. The fourth-order valence-electron chi connectivity index (χ4n) is 4.39. The molecule has 0 radical (unpaired) electrons. The summed E-state index contributed by atoms with van der Waals surface area (Å²) in [6.45, 7) is 3.84. The van der Waals surface area contributed by atoms with Crippen molar-refractivity contribution in [1.82, 2.24) is 4.90 Å². The number of nitro groups is 1. The summed E-state index contributed by atoms with van der Waals surface area (Å²) in [6.07, 6.45) is 1.74. The van der Waals surface area contributed by atoms with Crippen molar-refractivity contribution in [1.29, 1.82) is 0 Å². The van der Waals surface area contributed by atoms with Crippen molar-refractivity contribution in [3.05, 3.63) is 94.0 Å². The van der Waals surface area contributed by atoms with E-state index in [1.165, 1.54) is 11.6 Å². The third-order valence-corrected chi connectivity index (χ3v) is 7.32. The molecule has 9 heteroatoms.